The Morgan fingerprint density at radius 1 is 1.12 bits per heavy atom. The fourth-order valence-electron chi connectivity index (χ4n) is 1.57. The van der Waals surface area contributed by atoms with Crippen LogP contribution in [-0.2, 0) is 19.7 Å². The van der Waals surface area contributed by atoms with Gasteiger partial charge in [-0.25, -0.2) is 0 Å². The van der Waals surface area contributed by atoms with E-state index < -0.39 is 16.2 Å². The SMILES string of the molecule is CC(OS(C)(=O)=O)c1ccc(C(C)(C)C)cc1. The second kappa shape index (κ2) is 4.78. The van der Waals surface area contributed by atoms with Crippen molar-refractivity contribution in [1.29, 1.82) is 0 Å². The van der Waals surface area contributed by atoms with Crippen molar-refractivity contribution in [3.05, 3.63) is 35.4 Å². The van der Waals surface area contributed by atoms with Crippen LogP contribution in [0.4, 0.5) is 0 Å². The lowest BCUT2D eigenvalue weighted by atomic mass is 9.86. The molecule has 0 aliphatic heterocycles. The van der Waals surface area contributed by atoms with E-state index in [4.69, 9.17) is 4.18 Å². The second-order valence-corrected chi connectivity index (χ2v) is 6.92. The maximum absolute atomic E-state index is 11.0. The molecule has 4 heteroatoms. The van der Waals surface area contributed by atoms with Gasteiger partial charge in [-0.15, -0.1) is 0 Å². The fraction of sp³-hybridized carbons (Fsp3) is 0.538. The Labute approximate surface area is 104 Å². The third-order valence-corrected chi connectivity index (χ3v) is 3.20. The quantitative estimate of drug-likeness (QED) is 0.781. The molecular weight excluding hydrogens is 236 g/mol. The molecule has 1 atom stereocenters. The average molecular weight is 256 g/mol. The second-order valence-electron chi connectivity index (χ2n) is 5.31. The molecule has 0 radical (unpaired) electrons. The Balaban J connectivity index is 2.88. The zero-order valence-electron chi connectivity index (χ0n) is 11.0. The highest BCUT2D eigenvalue weighted by molar-refractivity contribution is 7.86. The smallest absolute Gasteiger partial charge is 0.262 e. The molecule has 0 aliphatic rings. The van der Waals surface area contributed by atoms with Gasteiger partial charge in [-0.1, -0.05) is 45.0 Å². The van der Waals surface area contributed by atoms with Crippen molar-refractivity contribution in [2.24, 2.45) is 0 Å². The molecule has 0 heterocycles. The summed E-state index contributed by atoms with van der Waals surface area (Å²) in [6, 6.07) is 7.85. The van der Waals surface area contributed by atoms with Crippen LogP contribution in [0, 0.1) is 0 Å². The van der Waals surface area contributed by atoms with Gasteiger partial charge in [0.2, 0.25) is 0 Å². The molecule has 0 saturated carbocycles. The fourth-order valence-corrected chi connectivity index (χ4v) is 2.21. The largest absolute Gasteiger partial charge is 0.264 e. The van der Waals surface area contributed by atoms with Crippen molar-refractivity contribution < 1.29 is 12.6 Å². The molecule has 1 unspecified atom stereocenters. The maximum Gasteiger partial charge on any atom is 0.264 e. The van der Waals surface area contributed by atoms with Gasteiger partial charge in [0.05, 0.1) is 12.4 Å². The minimum atomic E-state index is -3.41. The molecule has 0 aliphatic carbocycles. The molecular formula is C13H20O3S. The van der Waals surface area contributed by atoms with Crippen LogP contribution in [0.3, 0.4) is 0 Å². The van der Waals surface area contributed by atoms with Gasteiger partial charge in [-0.05, 0) is 23.5 Å². The van der Waals surface area contributed by atoms with Gasteiger partial charge in [-0.3, -0.25) is 4.18 Å². The Hall–Kier alpha value is -0.870. The molecule has 0 spiro atoms. The van der Waals surface area contributed by atoms with E-state index in [1.165, 1.54) is 5.56 Å². The molecule has 0 saturated heterocycles. The number of hydrogen-bond acceptors (Lipinski definition) is 3. The van der Waals surface area contributed by atoms with Gasteiger partial charge in [0.1, 0.15) is 0 Å². The van der Waals surface area contributed by atoms with Gasteiger partial charge in [-0.2, -0.15) is 8.42 Å². The molecule has 3 nitrogen and oxygen atoms in total. The zero-order valence-corrected chi connectivity index (χ0v) is 11.8. The van der Waals surface area contributed by atoms with Gasteiger partial charge < -0.3 is 0 Å². The lowest BCUT2D eigenvalue weighted by molar-refractivity contribution is 0.236. The first-order valence-electron chi connectivity index (χ1n) is 5.58. The van der Waals surface area contributed by atoms with E-state index in [1.807, 2.05) is 24.3 Å². The van der Waals surface area contributed by atoms with Crippen LogP contribution in [0.2, 0.25) is 0 Å². The Morgan fingerprint density at radius 3 is 1.94 bits per heavy atom. The van der Waals surface area contributed by atoms with E-state index in [9.17, 15) is 8.42 Å². The molecule has 0 bridgehead atoms. The molecule has 1 aromatic carbocycles. The van der Waals surface area contributed by atoms with Crippen molar-refractivity contribution in [2.45, 2.75) is 39.2 Å². The van der Waals surface area contributed by atoms with Crippen molar-refractivity contribution in [1.82, 2.24) is 0 Å². The highest BCUT2D eigenvalue weighted by atomic mass is 32.2. The molecule has 0 aromatic heterocycles. The first-order valence-corrected chi connectivity index (χ1v) is 7.40. The summed E-state index contributed by atoms with van der Waals surface area (Å²) in [5.41, 5.74) is 2.18. The third kappa shape index (κ3) is 4.48. The van der Waals surface area contributed by atoms with E-state index in [1.54, 1.807) is 6.92 Å². The first kappa shape index (κ1) is 14.2. The lowest BCUT2D eigenvalue weighted by Gasteiger charge is -2.20. The van der Waals surface area contributed by atoms with Crippen LogP contribution >= 0.6 is 0 Å². The van der Waals surface area contributed by atoms with Crippen molar-refractivity contribution in [2.75, 3.05) is 6.26 Å². The molecule has 0 amide bonds. The third-order valence-electron chi connectivity index (χ3n) is 2.57. The van der Waals surface area contributed by atoms with E-state index in [0.717, 1.165) is 11.8 Å². The van der Waals surface area contributed by atoms with Gasteiger partial charge in [0.25, 0.3) is 10.1 Å². The van der Waals surface area contributed by atoms with Gasteiger partial charge in [0, 0.05) is 0 Å². The van der Waals surface area contributed by atoms with Crippen LogP contribution in [0.15, 0.2) is 24.3 Å². The van der Waals surface area contributed by atoms with Crippen LogP contribution in [0.25, 0.3) is 0 Å². The first-order chi connectivity index (χ1) is 7.59. The van der Waals surface area contributed by atoms with Crippen LogP contribution in [0.5, 0.6) is 0 Å². The molecule has 1 rings (SSSR count). The maximum atomic E-state index is 11.0. The normalized spacial score (nSPS) is 14.6. The van der Waals surface area contributed by atoms with E-state index in [-0.39, 0.29) is 5.41 Å². The lowest BCUT2D eigenvalue weighted by Crippen LogP contribution is -2.12. The topological polar surface area (TPSA) is 43.4 Å². The van der Waals surface area contributed by atoms with E-state index >= 15 is 0 Å². The predicted octanol–water partition coefficient (Wildman–Crippen LogP) is 3.02. The van der Waals surface area contributed by atoms with Crippen LogP contribution in [-0.4, -0.2) is 14.7 Å². The summed E-state index contributed by atoms with van der Waals surface area (Å²) >= 11 is 0. The summed E-state index contributed by atoms with van der Waals surface area (Å²) in [6.07, 6.45) is 0.617. The van der Waals surface area contributed by atoms with E-state index in [2.05, 4.69) is 20.8 Å². The molecule has 0 N–H and O–H groups in total. The number of hydrogen-bond donors (Lipinski definition) is 0. The van der Waals surface area contributed by atoms with Gasteiger partial charge >= 0.3 is 0 Å². The predicted molar refractivity (Wildman–Crippen MR) is 69.5 cm³/mol. The standard InChI is InChI=1S/C13H20O3S/c1-10(16-17(5,14)15)11-6-8-12(9-7-11)13(2,3)4/h6-10H,1-5H3. The minimum absolute atomic E-state index is 0.0967. The summed E-state index contributed by atoms with van der Waals surface area (Å²) in [7, 11) is -3.41. The summed E-state index contributed by atoms with van der Waals surface area (Å²) in [5, 5.41) is 0. The molecule has 0 fully saturated rings. The number of benzene rings is 1. The molecule has 1 aromatic rings. The average Bonchev–Trinajstić information content (AvgIpc) is 2.14. The Morgan fingerprint density at radius 2 is 1.59 bits per heavy atom. The van der Waals surface area contributed by atoms with Crippen molar-refractivity contribution in [3.63, 3.8) is 0 Å². The summed E-state index contributed by atoms with van der Waals surface area (Å²) in [5.74, 6) is 0. The number of rotatable bonds is 3. The summed E-state index contributed by atoms with van der Waals surface area (Å²) < 4.78 is 27.0. The van der Waals surface area contributed by atoms with Crippen LogP contribution in [0.1, 0.15) is 44.9 Å². The Kier molecular flexibility index (Phi) is 3.99. The van der Waals surface area contributed by atoms with Crippen molar-refractivity contribution in [3.8, 4) is 0 Å². The minimum Gasteiger partial charge on any atom is -0.262 e. The molecule has 96 valence electrons. The monoisotopic (exact) mass is 256 g/mol. The van der Waals surface area contributed by atoms with E-state index in [0.29, 0.717) is 0 Å². The highest BCUT2D eigenvalue weighted by Crippen LogP contribution is 2.25. The van der Waals surface area contributed by atoms with Gasteiger partial charge in [0.15, 0.2) is 0 Å². The molecule has 17 heavy (non-hydrogen) atoms. The van der Waals surface area contributed by atoms with Crippen molar-refractivity contribution >= 4 is 10.1 Å². The summed E-state index contributed by atoms with van der Waals surface area (Å²) in [4.78, 5) is 0. The summed E-state index contributed by atoms with van der Waals surface area (Å²) in [6.45, 7) is 8.14. The highest BCUT2D eigenvalue weighted by Gasteiger charge is 2.16. The Bertz CT molecular complexity index is 466. The zero-order chi connectivity index (χ0) is 13.3. The van der Waals surface area contributed by atoms with Crippen LogP contribution < -0.4 is 0 Å².